The summed E-state index contributed by atoms with van der Waals surface area (Å²) in [7, 11) is 0. The van der Waals surface area contributed by atoms with Crippen molar-refractivity contribution in [2.24, 2.45) is 11.7 Å². The molecule has 28 heavy (non-hydrogen) atoms. The molecule has 0 aliphatic carbocycles. The van der Waals surface area contributed by atoms with Crippen LogP contribution in [0, 0.1) is 11.3 Å². The van der Waals surface area contributed by atoms with Gasteiger partial charge in [0.2, 0.25) is 11.8 Å². The topological polar surface area (TPSA) is 126 Å². The van der Waals surface area contributed by atoms with Gasteiger partial charge in [0.05, 0.1) is 6.61 Å². The van der Waals surface area contributed by atoms with Gasteiger partial charge in [0.1, 0.15) is 5.84 Å². The van der Waals surface area contributed by atoms with E-state index >= 15 is 0 Å². The van der Waals surface area contributed by atoms with Crippen LogP contribution in [0.4, 0.5) is 5.69 Å². The van der Waals surface area contributed by atoms with Crippen LogP contribution in [0.3, 0.4) is 0 Å². The van der Waals surface area contributed by atoms with Crippen LogP contribution in [0.15, 0.2) is 24.3 Å². The Morgan fingerprint density at radius 1 is 1.32 bits per heavy atom. The largest absolute Gasteiger partial charge is 0.466 e. The minimum atomic E-state index is -0.355. The number of nitrogens with zero attached hydrogens (tertiary/aromatic N) is 1. The molecule has 1 aromatic rings. The number of hydrogen-bond donors (Lipinski definition) is 3. The maximum absolute atomic E-state index is 12.8. The lowest BCUT2D eigenvalue weighted by molar-refractivity contribution is -0.143. The van der Waals surface area contributed by atoms with E-state index in [0.29, 0.717) is 38.1 Å². The Kier molecular flexibility index (Phi) is 7.98. The minimum absolute atomic E-state index is 0.0194. The molecule has 1 heterocycles. The van der Waals surface area contributed by atoms with Crippen molar-refractivity contribution in [1.29, 1.82) is 5.41 Å². The van der Waals surface area contributed by atoms with E-state index in [1.807, 2.05) is 0 Å². The molecular formula is C20H28N4O4. The Morgan fingerprint density at radius 2 is 2.04 bits per heavy atom. The van der Waals surface area contributed by atoms with Gasteiger partial charge in [-0.2, -0.15) is 0 Å². The first-order valence-electron chi connectivity index (χ1n) is 9.60. The number of rotatable bonds is 9. The van der Waals surface area contributed by atoms with E-state index in [4.69, 9.17) is 15.9 Å². The fourth-order valence-electron chi connectivity index (χ4n) is 3.21. The summed E-state index contributed by atoms with van der Waals surface area (Å²) in [5.41, 5.74) is 6.81. The summed E-state index contributed by atoms with van der Waals surface area (Å²) in [6.45, 7) is 3.09. The van der Waals surface area contributed by atoms with E-state index in [9.17, 15) is 14.4 Å². The Hall–Kier alpha value is -2.90. The number of piperidine rings is 1. The maximum atomic E-state index is 12.8. The first kappa shape index (κ1) is 21.4. The molecule has 4 N–H and O–H groups in total. The average Bonchev–Trinajstić information content (AvgIpc) is 2.67. The van der Waals surface area contributed by atoms with E-state index in [1.54, 1.807) is 36.1 Å². The van der Waals surface area contributed by atoms with E-state index < -0.39 is 0 Å². The molecule has 8 nitrogen and oxygen atoms in total. The highest BCUT2D eigenvalue weighted by Crippen LogP contribution is 2.26. The average molecular weight is 388 g/mol. The van der Waals surface area contributed by atoms with Crippen LogP contribution in [0.25, 0.3) is 0 Å². The molecule has 0 radical (unpaired) electrons. The van der Waals surface area contributed by atoms with Gasteiger partial charge < -0.3 is 20.7 Å². The smallest absolute Gasteiger partial charge is 0.305 e. The van der Waals surface area contributed by atoms with Gasteiger partial charge in [-0.1, -0.05) is 0 Å². The number of anilines is 1. The molecule has 0 saturated carbocycles. The van der Waals surface area contributed by atoms with Crippen LogP contribution in [0.1, 0.15) is 44.6 Å². The van der Waals surface area contributed by atoms with Gasteiger partial charge in [-0.05, 0) is 50.5 Å². The zero-order valence-electron chi connectivity index (χ0n) is 16.2. The van der Waals surface area contributed by atoms with Crippen LogP contribution in [0.5, 0.6) is 0 Å². The van der Waals surface area contributed by atoms with E-state index in [0.717, 1.165) is 12.1 Å². The molecule has 1 fully saturated rings. The number of nitrogens with two attached hydrogens (primary N) is 1. The number of nitrogens with one attached hydrogen (secondary N) is 2. The third-order valence-electron chi connectivity index (χ3n) is 4.66. The number of benzene rings is 1. The predicted molar refractivity (Wildman–Crippen MR) is 106 cm³/mol. The molecular weight excluding hydrogens is 360 g/mol. The van der Waals surface area contributed by atoms with Crippen molar-refractivity contribution in [3.8, 4) is 0 Å². The molecule has 0 bridgehead atoms. The SMILES string of the molecule is CCOC(=O)CCCNC(=O)C[C@@H]1CCCN(c2ccc(C(=N)N)cc2)C1=O. The van der Waals surface area contributed by atoms with Crippen molar-refractivity contribution in [2.75, 3.05) is 24.6 Å². The van der Waals surface area contributed by atoms with Gasteiger partial charge in [-0.15, -0.1) is 0 Å². The highest BCUT2D eigenvalue weighted by atomic mass is 16.5. The molecule has 1 atom stereocenters. The number of carbonyl (C=O) groups is 3. The lowest BCUT2D eigenvalue weighted by atomic mass is 9.93. The lowest BCUT2D eigenvalue weighted by Crippen LogP contribution is -2.43. The normalized spacial score (nSPS) is 16.5. The summed E-state index contributed by atoms with van der Waals surface area (Å²) >= 11 is 0. The van der Waals surface area contributed by atoms with Crippen LogP contribution < -0.4 is 16.0 Å². The standard InChI is InChI=1S/C20H28N4O4/c1-2-28-18(26)6-3-11-23-17(25)13-15-5-4-12-24(20(15)27)16-9-7-14(8-10-16)19(21)22/h7-10,15H,2-6,11-13H2,1H3,(H3,21,22)(H,23,25)/t15-/m0/s1. The third kappa shape index (κ3) is 6.07. The van der Waals surface area contributed by atoms with Crippen LogP contribution in [0.2, 0.25) is 0 Å². The molecule has 152 valence electrons. The molecule has 1 aromatic carbocycles. The Morgan fingerprint density at radius 3 is 2.68 bits per heavy atom. The van der Waals surface area contributed by atoms with Crippen molar-refractivity contribution in [3.63, 3.8) is 0 Å². The van der Waals surface area contributed by atoms with Gasteiger partial charge >= 0.3 is 5.97 Å². The Labute approximate surface area is 164 Å². The van der Waals surface area contributed by atoms with Crippen molar-refractivity contribution in [1.82, 2.24) is 5.32 Å². The number of amides is 2. The molecule has 1 aliphatic heterocycles. The molecule has 0 unspecified atom stereocenters. The van der Waals surface area contributed by atoms with Gasteiger partial charge in [-0.25, -0.2) is 0 Å². The quantitative estimate of drug-likeness (QED) is 0.256. The first-order chi connectivity index (χ1) is 13.4. The zero-order valence-corrected chi connectivity index (χ0v) is 16.2. The van der Waals surface area contributed by atoms with Crippen molar-refractivity contribution in [2.45, 2.75) is 39.0 Å². The second-order valence-corrected chi connectivity index (χ2v) is 6.75. The summed E-state index contributed by atoms with van der Waals surface area (Å²) in [6, 6.07) is 6.97. The molecule has 0 spiro atoms. The number of carbonyl (C=O) groups excluding carboxylic acids is 3. The van der Waals surface area contributed by atoms with E-state index in [-0.39, 0.29) is 42.4 Å². The van der Waals surface area contributed by atoms with E-state index in [1.165, 1.54) is 0 Å². The Balaban J connectivity index is 1.83. The maximum Gasteiger partial charge on any atom is 0.305 e. The highest BCUT2D eigenvalue weighted by Gasteiger charge is 2.31. The second-order valence-electron chi connectivity index (χ2n) is 6.75. The van der Waals surface area contributed by atoms with E-state index in [2.05, 4.69) is 5.32 Å². The molecule has 1 aliphatic rings. The molecule has 8 heteroatoms. The first-order valence-corrected chi connectivity index (χ1v) is 9.60. The summed E-state index contributed by atoms with van der Waals surface area (Å²) in [5, 5.41) is 10.2. The number of hydrogen-bond acceptors (Lipinski definition) is 5. The van der Waals surface area contributed by atoms with Crippen LogP contribution in [-0.2, 0) is 19.1 Å². The van der Waals surface area contributed by atoms with Crippen molar-refractivity contribution < 1.29 is 19.1 Å². The molecule has 0 aromatic heterocycles. The van der Waals surface area contributed by atoms with Gasteiger partial charge in [0.25, 0.3) is 0 Å². The van der Waals surface area contributed by atoms with Crippen LogP contribution >= 0.6 is 0 Å². The van der Waals surface area contributed by atoms with Gasteiger partial charge in [0.15, 0.2) is 0 Å². The lowest BCUT2D eigenvalue weighted by Gasteiger charge is -2.32. The highest BCUT2D eigenvalue weighted by molar-refractivity contribution is 5.99. The minimum Gasteiger partial charge on any atom is -0.466 e. The summed E-state index contributed by atoms with van der Waals surface area (Å²) in [5.74, 6) is -0.898. The molecule has 1 saturated heterocycles. The number of ether oxygens (including phenoxy) is 1. The van der Waals surface area contributed by atoms with Gasteiger partial charge in [0, 0.05) is 43.1 Å². The van der Waals surface area contributed by atoms with Gasteiger partial charge in [-0.3, -0.25) is 19.8 Å². The van der Waals surface area contributed by atoms with Crippen molar-refractivity contribution >= 4 is 29.3 Å². The molecule has 2 amide bonds. The Bertz CT molecular complexity index is 717. The zero-order chi connectivity index (χ0) is 20.5. The monoisotopic (exact) mass is 388 g/mol. The number of esters is 1. The summed E-state index contributed by atoms with van der Waals surface area (Å²) in [4.78, 5) is 37.9. The summed E-state index contributed by atoms with van der Waals surface area (Å²) < 4.78 is 4.84. The number of amidine groups is 1. The predicted octanol–water partition coefficient (Wildman–Crippen LogP) is 1.56. The van der Waals surface area contributed by atoms with Crippen molar-refractivity contribution in [3.05, 3.63) is 29.8 Å². The second kappa shape index (κ2) is 10.4. The molecule has 2 rings (SSSR count). The third-order valence-corrected chi connectivity index (χ3v) is 4.66. The van der Waals surface area contributed by atoms with Crippen LogP contribution in [-0.4, -0.2) is 43.3 Å². The fraction of sp³-hybridized carbons (Fsp3) is 0.500. The fourth-order valence-corrected chi connectivity index (χ4v) is 3.21. The summed E-state index contributed by atoms with van der Waals surface area (Å²) in [6.07, 6.45) is 2.41. The number of nitrogen functional groups attached to an aromatic ring is 1.